The average molecular weight is 307 g/mol. The number of nitrogens with zero attached hydrogens (tertiary/aromatic N) is 4. The number of carbonyl (C=O) groups excluding carboxylic acids is 1. The summed E-state index contributed by atoms with van der Waals surface area (Å²) in [6.45, 7) is 0. The molecule has 0 bridgehead atoms. The van der Waals surface area contributed by atoms with Gasteiger partial charge in [-0.1, -0.05) is 28.8 Å². The summed E-state index contributed by atoms with van der Waals surface area (Å²) < 4.78 is 0. The molecule has 100 valence electrons. The highest BCUT2D eigenvalue weighted by molar-refractivity contribution is 7.13. The van der Waals surface area contributed by atoms with Crippen molar-refractivity contribution in [3.63, 3.8) is 0 Å². The van der Waals surface area contributed by atoms with E-state index in [1.54, 1.807) is 17.5 Å². The lowest BCUT2D eigenvalue weighted by Crippen LogP contribution is -2.13. The van der Waals surface area contributed by atoms with E-state index in [0.29, 0.717) is 10.7 Å². The average Bonchev–Trinajstić information content (AvgIpc) is 3.10. The zero-order valence-electron chi connectivity index (χ0n) is 9.87. The second-order valence-corrected chi connectivity index (χ2v) is 5.04. The Balaban J connectivity index is 1.79. The molecule has 0 spiro atoms. The van der Waals surface area contributed by atoms with Crippen molar-refractivity contribution in [1.82, 2.24) is 25.6 Å². The van der Waals surface area contributed by atoms with E-state index in [1.165, 1.54) is 11.3 Å². The van der Waals surface area contributed by atoms with Crippen LogP contribution in [0, 0.1) is 0 Å². The first-order valence-electron chi connectivity index (χ1n) is 5.49. The number of amides is 1. The van der Waals surface area contributed by atoms with Crippen LogP contribution < -0.4 is 5.32 Å². The summed E-state index contributed by atoms with van der Waals surface area (Å²) in [5.41, 5.74) is 1.20. The van der Waals surface area contributed by atoms with E-state index in [2.05, 4.69) is 30.9 Å². The second-order valence-electron chi connectivity index (χ2n) is 3.75. The Morgan fingerprint density at radius 3 is 2.80 bits per heavy atom. The highest BCUT2D eigenvalue weighted by Gasteiger charge is 2.13. The molecule has 0 aliphatic heterocycles. The van der Waals surface area contributed by atoms with E-state index in [4.69, 9.17) is 11.6 Å². The molecule has 3 aromatic rings. The number of nitrogens with one attached hydrogen (secondary N) is 2. The molecule has 0 aliphatic carbocycles. The Morgan fingerprint density at radius 2 is 2.10 bits per heavy atom. The standard InChI is InChI=1S/C11H7ClN6OS/c12-7-3-1-6(2-4-7)10-13-8(5-20-10)9(19)14-11-15-17-18-16-11/h1-5H,(H2,14,15,16,17,18,19). The molecule has 20 heavy (non-hydrogen) atoms. The summed E-state index contributed by atoms with van der Waals surface area (Å²) in [7, 11) is 0. The van der Waals surface area contributed by atoms with Gasteiger partial charge in [-0.05, 0) is 22.6 Å². The van der Waals surface area contributed by atoms with Crippen LogP contribution in [0.5, 0.6) is 0 Å². The van der Waals surface area contributed by atoms with Gasteiger partial charge in [0, 0.05) is 16.0 Å². The summed E-state index contributed by atoms with van der Waals surface area (Å²) in [6.07, 6.45) is 0. The molecule has 1 aromatic carbocycles. The minimum Gasteiger partial charge on any atom is -0.288 e. The van der Waals surface area contributed by atoms with Gasteiger partial charge in [0.15, 0.2) is 0 Å². The predicted octanol–water partition coefficient (Wildman–Crippen LogP) is 2.23. The highest BCUT2D eigenvalue weighted by Crippen LogP contribution is 2.25. The fourth-order valence-corrected chi connectivity index (χ4v) is 2.42. The number of H-pyrrole nitrogens is 1. The van der Waals surface area contributed by atoms with Crippen LogP contribution in [0.15, 0.2) is 29.6 Å². The van der Waals surface area contributed by atoms with Gasteiger partial charge in [-0.25, -0.2) is 10.1 Å². The number of tetrazole rings is 1. The van der Waals surface area contributed by atoms with E-state index >= 15 is 0 Å². The number of aromatic amines is 1. The van der Waals surface area contributed by atoms with Crippen LogP contribution in [-0.4, -0.2) is 31.5 Å². The monoisotopic (exact) mass is 306 g/mol. The normalized spacial score (nSPS) is 10.4. The number of hydrogen-bond donors (Lipinski definition) is 2. The number of aromatic nitrogens is 5. The van der Waals surface area contributed by atoms with Crippen LogP contribution in [0.2, 0.25) is 5.02 Å². The van der Waals surface area contributed by atoms with Crippen LogP contribution in [0.1, 0.15) is 10.5 Å². The Morgan fingerprint density at radius 1 is 1.30 bits per heavy atom. The van der Waals surface area contributed by atoms with Crippen LogP contribution >= 0.6 is 22.9 Å². The minimum absolute atomic E-state index is 0.177. The fraction of sp³-hybridized carbons (Fsp3) is 0. The maximum Gasteiger partial charge on any atom is 0.277 e. The molecule has 1 amide bonds. The quantitative estimate of drug-likeness (QED) is 0.773. The van der Waals surface area contributed by atoms with Crippen LogP contribution in [-0.2, 0) is 0 Å². The zero-order chi connectivity index (χ0) is 13.9. The number of rotatable bonds is 3. The van der Waals surface area contributed by atoms with Gasteiger partial charge in [0.2, 0.25) is 5.95 Å². The largest absolute Gasteiger partial charge is 0.288 e. The van der Waals surface area contributed by atoms with Crippen LogP contribution in [0.25, 0.3) is 10.6 Å². The van der Waals surface area contributed by atoms with Crippen LogP contribution in [0.3, 0.4) is 0 Å². The molecule has 0 fully saturated rings. The van der Waals surface area contributed by atoms with Crippen molar-refractivity contribution in [3.8, 4) is 10.6 Å². The van der Waals surface area contributed by atoms with Gasteiger partial charge < -0.3 is 0 Å². The van der Waals surface area contributed by atoms with E-state index in [0.717, 1.165) is 10.6 Å². The molecular weight excluding hydrogens is 300 g/mol. The van der Waals surface area contributed by atoms with Crippen molar-refractivity contribution in [2.45, 2.75) is 0 Å². The summed E-state index contributed by atoms with van der Waals surface area (Å²) >= 11 is 7.20. The number of thiazole rings is 1. The lowest BCUT2D eigenvalue weighted by molar-refractivity contribution is 0.102. The van der Waals surface area contributed by atoms with Gasteiger partial charge in [-0.3, -0.25) is 10.1 Å². The molecule has 0 atom stereocenters. The zero-order valence-corrected chi connectivity index (χ0v) is 11.4. The number of halogens is 1. The molecule has 2 heterocycles. The van der Waals surface area contributed by atoms with Gasteiger partial charge >= 0.3 is 0 Å². The lowest BCUT2D eigenvalue weighted by Gasteiger charge is -1.97. The molecule has 7 nitrogen and oxygen atoms in total. The number of benzene rings is 1. The topological polar surface area (TPSA) is 96.5 Å². The van der Waals surface area contributed by atoms with Gasteiger partial charge in [-0.15, -0.1) is 11.3 Å². The van der Waals surface area contributed by atoms with E-state index in [-0.39, 0.29) is 11.9 Å². The van der Waals surface area contributed by atoms with Gasteiger partial charge in [0.05, 0.1) is 0 Å². The SMILES string of the molecule is O=C(Nc1nnn[nH]1)c1csc(-c2ccc(Cl)cc2)n1. The van der Waals surface area contributed by atoms with Crippen molar-refractivity contribution in [1.29, 1.82) is 0 Å². The predicted molar refractivity (Wildman–Crippen MR) is 74.7 cm³/mol. The Labute approximate surface area is 122 Å². The number of hydrogen-bond acceptors (Lipinski definition) is 6. The Hall–Kier alpha value is -2.32. The Kier molecular flexibility index (Phi) is 3.40. The second kappa shape index (κ2) is 5.35. The van der Waals surface area contributed by atoms with Gasteiger partial charge in [0.1, 0.15) is 10.7 Å². The minimum atomic E-state index is -0.375. The molecule has 0 saturated heterocycles. The first-order chi connectivity index (χ1) is 9.72. The summed E-state index contributed by atoms with van der Waals surface area (Å²) in [4.78, 5) is 16.2. The Bertz CT molecular complexity index is 724. The molecule has 0 saturated carbocycles. The summed E-state index contributed by atoms with van der Waals surface area (Å²) in [5.74, 6) is -0.198. The third kappa shape index (κ3) is 2.65. The van der Waals surface area contributed by atoms with Crippen molar-refractivity contribution >= 4 is 34.8 Å². The number of anilines is 1. The molecule has 0 aliphatic rings. The van der Waals surface area contributed by atoms with Crippen molar-refractivity contribution in [2.24, 2.45) is 0 Å². The lowest BCUT2D eigenvalue weighted by atomic mass is 10.2. The molecule has 2 aromatic heterocycles. The smallest absolute Gasteiger partial charge is 0.277 e. The molecule has 0 unspecified atom stereocenters. The maximum atomic E-state index is 11.9. The number of carbonyl (C=O) groups is 1. The summed E-state index contributed by atoms with van der Waals surface area (Å²) in [5, 5.41) is 18.3. The van der Waals surface area contributed by atoms with Crippen molar-refractivity contribution in [3.05, 3.63) is 40.4 Å². The third-order valence-electron chi connectivity index (χ3n) is 2.41. The van der Waals surface area contributed by atoms with E-state index in [9.17, 15) is 4.79 Å². The summed E-state index contributed by atoms with van der Waals surface area (Å²) in [6, 6.07) is 7.25. The molecule has 0 radical (unpaired) electrons. The molecule has 2 N–H and O–H groups in total. The fourth-order valence-electron chi connectivity index (χ4n) is 1.49. The third-order valence-corrected chi connectivity index (χ3v) is 3.55. The van der Waals surface area contributed by atoms with Gasteiger partial charge in [-0.2, -0.15) is 0 Å². The van der Waals surface area contributed by atoms with Crippen molar-refractivity contribution < 1.29 is 4.79 Å². The molecular formula is C11H7ClN6OS. The maximum absolute atomic E-state index is 11.9. The molecule has 9 heteroatoms. The van der Waals surface area contributed by atoms with Crippen molar-refractivity contribution in [2.75, 3.05) is 5.32 Å². The molecule has 3 rings (SSSR count). The first-order valence-corrected chi connectivity index (χ1v) is 6.75. The van der Waals surface area contributed by atoms with Gasteiger partial charge in [0.25, 0.3) is 5.91 Å². The van der Waals surface area contributed by atoms with Crippen LogP contribution in [0.4, 0.5) is 5.95 Å². The van der Waals surface area contributed by atoms with E-state index < -0.39 is 0 Å². The first kappa shape index (κ1) is 12.7. The van der Waals surface area contributed by atoms with E-state index in [1.807, 2.05) is 12.1 Å². The highest BCUT2D eigenvalue weighted by atomic mass is 35.5.